The fraction of sp³-hybridized carbons (Fsp3) is 0.100. The van der Waals surface area contributed by atoms with Gasteiger partial charge in [-0.15, -0.1) is 11.3 Å². The Bertz CT molecular complexity index is 2880. The summed E-state index contributed by atoms with van der Waals surface area (Å²) in [6, 6.07) is 49.4. The third kappa shape index (κ3) is 6.26. The molecule has 0 fully saturated rings. The number of fused-ring (bicyclic) bond motifs is 5. The summed E-state index contributed by atoms with van der Waals surface area (Å²) < 4.78 is 3.63. The van der Waals surface area contributed by atoms with E-state index in [0.29, 0.717) is 17.5 Å². The van der Waals surface area contributed by atoms with E-state index in [0.717, 1.165) is 50.3 Å². The largest absolute Gasteiger partial charge is 0.308 e. The van der Waals surface area contributed by atoms with Crippen molar-refractivity contribution in [2.24, 2.45) is 0 Å². The number of rotatable bonds is 10. The normalized spacial score (nSPS) is 11.7. The Kier molecular flexibility index (Phi) is 9.22. The first-order valence-electron chi connectivity index (χ1n) is 19.0. The lowest BCUT2D eigenvalue weighted by Crippen LogP contribution is -2.03. The van der Waals surface area contributed by atoms with Gasteiger partial charge in [0.25, 0.3) is 0 Å². The first-order chi connectivity index (χ1) is 27.1. The number of unbranched alkanes of at least 4 members (excludes halogenated alkanes) is 1. The van der Waals surface area contributed by atoms with Crippen molar-refractivity contribution >= 4 is 55.4 Å². The van der Waals surface area contributed by atoms with Crippen LogP contribution in [-0.2, 0) is 6.42 Å². The summed E-state index contributed by atoms with van der Waals surface area (Å²) in [6.07, 6.45) is 9.80. The summed E-state index contributed by atoms with van der Waals surface area (Å²) in [6.45, 7) is 8.49. The molecular weight excluding hydrogens is 689 g/mol. The number of benzene rings is 6. The lowest BCUT2D eigenvalue weighted by atomic mass is 10.00. The van der Waals surface area contributed by atoms with E-state index in [2.05, 4.69) is 158 Å². The molecule has 9 aromatic rings. The van der Waals surface area contributed by atoms with Gasteiger partial charge in [-0.2, -0.15) is 0 Å². The van der Waals surface area contributed by atoms with Crippen LogP contribution in [0.2, 0.25) is 0 Å². The number of nitrogens with zero attached hydrogens (tertiary/aromatic N) is 4. The Morgan fingerprint density at radius 1 is 0.655 bits per heavy atom. The standard InChI is InChI=1S/C50H40N4S/c1-4-7-17-33-26-28-34(29-27-33)36-20-15-21-37(32-36)49-51-48(35-18-9-8-10-19-35)52-50(53-49)40-23-12-14-25-43(40)54-42-24-13-11-22-38(42)39-30-31-45-46(47(39)54)41(16-5-2)44(6-3)55-45/h5-6,8-16,18-32H,3-4,7,17H2,1-2H3/b16-5-. The third-order valence-electron chi connectivity index (χ3n) is 10.4. The molecule has 0 unspecified atom stereocenters. The van der Waals surface area contributed by atoms with E-state index >= 15 is 0 Å². The van der Waals surface area contributed by atoms with Gasteiger partial charge >= 0.3 is 0 Å². The predicted octanol–water partition coefficient (Wildman–Crippen LogP) is 13.9. The molecule has 0 amide bonds. The Labute approximate surface area is 325 Å². The van der Waals surface area contributed by atoms with Crippen molar-refractivity contribution in [1.82, 2.24) is 19.5 Å². The highest BCUT2D eigenvalue weighted by Gasteiger charge is 2.22. The first-order valence-corrected chi connectivity index (χ1v) is 19.8. The van der Waals surface area contributed by atoms with E-state index in [1.165, 1.54) is 50.4 Å². The van der Waals surface area contributed by atoms with Crippen LogP contribution >= 0.6 is 11.3 Å². The van der Waals surface area contributed by atoms with Crippen molar-refractivity contribution in [3.8, 4) is 51.0 Å². The number of hydrogen-bond donors (Lipinski definition) is 0. The van der Waals surface area contributed by atoms with Crippen LogP contribution in [0.25, 0.3) is 95.0 Å². The van der Waals surface area contributed by atoms with Crippen LogP contribution in [0.1, 0.15) is 42.7 Å². The van der Waals surface area contributed by atoms with Gasteiger partial charge in [0.2, 0.25) is 0 Å². The number of allylic oxidation sites excluding steroid dienone is 1. The maximum absolute atomic E-state index is 5.28. The van der Waals surface area contributed by atoms with E-state index in [9.17, 15) is 0 Å². The highest BCUT2D eigenvalue weighted by molar-refractivity contribution is 7.20. The van der Waals surface area contributed by atoms with Crippen molar-refractivity contribution in [3.63, 3.8) is 0 Å². The van der Waals surface area contributed by atoms with Gasteiger partial charge in [-0.25, -0.2) is 15.0 Å². The molecule has 6 aromatic carbocycles. The Balaban J connectivity index is 1.27. The fourth-order valence-electron chi connectivity index (χ4n) is 7.70. The molecule has 0 aliphatic rings. The van der Waals surface area contributed by atoms with Gasteiger partial charge in [0.1, 0.15) is 0 Å². The van der Waals surface area contributed by atoms with Gasteiger partial charge in [-0.1, -0.05) is 147 Å². The molecular formula is C50H40N4S. The highest BCUT2D eigenvalue weighted by atomic mass is 32.1. The topological polar surface area (TPSA) is 43.6 Å². The van der Waals surface area contributed by atoms with Crippen LogP contribution in [0.3, 0.4) is 0 Å². The minimum absolute atomic E-state index is 0.619. The molecule has 0 aliphatic carbocycles. The minimum Gasteiger partial charge on any atom is -0.308 e. The fourth-order valence-corrected chi connectivity index (χ4v) is 8.74. The molecule has 3 aromatic heterocycles. The third-order valence-corrected chi connectivity index (χ3v) is 11.5. The molecule has 266 valence electrons. The van der Waals surface area contributed by atoms with Crippen LogP contribution in [-0.4, -0.2) is 19.5 Å². The SMILES string of the molecule is C=Cc1sc2ccc3c4ccccc4n(-c4ccccc4-c4nc(-c5ccccc5)nc(-c5cccc(-c6ccc(CCCC)cc6)c5)n4)c3c2c1/C=C\C. The molecule has 0 radical (unpaired) electrons. The molecule has 0 N–H and O–H groups in total. The zero-order chi connectivity index (χ0) is 37.3. The molecule has 55 heavy (non-hydrogen) atoms. The van der Waals surface area contributed by atoms with Crippen molar-refractivity contribution in [1.29, 1.82) is 0 Å². The molecule has 5 heteroatoms. The quantitative estimate of drug-likeness (QED) is 0.141. The molecule has 0 aliphatic heterocycles. The molecule has 0 bridgehead atoms. The van der Waals surface area contributed by atoms with Crippen LogP contribution in [0.5, 0.6) is 0 Å². The summed E-state index contributed by atoms with van der Waals surface area (Å²) >= 11 is 1.78. The van der Waals surface area contributed by atoms with E-state index in [-0.39, 0.29) is 0 Å². The average Bonchev–Trinajstić information content (AvgIpc) is 3.78. The first kappa shape index (κ1) is 34.3. The lowest BCUT2D eigenvalue weighted by Gasteiger charge is -2.15. The zero-order valence-electron chi connectivity index (χ0n) is 31.0. The van der Waals surface area contributed by atoms with E-state index in [1.54, 1.807) is 11.3 Å². The molecule has 0 saturated carbocycles. The molecule has 3 heterocycles. The van der Waals surface area contributed by atoms with Crippen molar-refractivity contribution in [2.75, 3.05) is 0 Å². The van der Waals surface area contributed by atoms with Crippen LogP contribution in [0.4, 0.5) is 0 Å². The minimum atomic E-state index is 0.619. The second-order valence-electron chi connectivity index (χ2n) is 13.8. The molecule has 4 nitrogen and oxygen atoms in total. The summed E-state index contributed by atoms with van der Waals surface area (Å²) in [4.78, 5) is 16.8. The van der Waals surface area contributed by atoms with Crippen molar-refractivity contribution < 1.29 is 0 Å². The Hall–Kier alpha value is -6.43. The molecule has 0 saturated heterocycles. The number of para-hydroxylation sites is 2. The van der Waals surface area contributed by atoms with Gasteiger partial charge in [-0.3, -0.25) is 0 Å². The smallest absolute Gasteiger partial charge is 0.166 e. The van der Waals surface area contributed by atoms with Gasteiger partial charge in [0, 0.05) is 48.0 Å². The Morgan fingerprint density at radius 2 is 1.36 bits per heavy atom. The maximum atomic E-state index is 5.28. The van der Waals surface area contributed by atoms with Crippen molar-refractivity contribution in [3.05, 3.63) is 168 Å². The average molecular weight is 729 g/mol. The van der Waals surface area contributed by atoms with Crippen LogP contribution < -0.4 is 0 Å². The zero-order valence-corrected chi connectivity index (χ0v) is 31.9. The second kappa shape index (κ2) is 14.8. The van der Waals surface area contributed by atoms with Gasteiger partial charge in [0.05, 0.1) is 16.7 Å². The van der Waals surface area contributed by atoms with E-state index in [1.807, 2.05) is 24.3 Å². The lowest BCUT2D eigenvalue weighted by molar-refractivity contribution is 0.795. The number of aromatic nitrogens is 4. The molecule has 0 atom stereocenters. The number of aryl methyl sites for hydroxylation is 1. The van der Waals surface area contributed by atoms with E-state index < -0.39 is 0 Å². The van der Waals surface area contributed by atoms with Gasteiger partial charge in [-0.05, 0) is 66.8 Å². The number of thiophene rings is 1. The number of hydrogen-bond acceptors (Lipinski definition) is 4. The van der Waals surface area contributed by atoms with Gasteiger partial charge in [0.15, 0.2) is 17.5 Å². The van der Waals surface area contributed by atoms with E-state index in [4.69, 9.17) is 15.0 Å². The monoisotopic (exact) mass is 728 g/mol. The van der Waals surface area contributed by atoms with Crippen LogP contribution in [0, 0.1) is 0 Å². The van der Waals surface area contributed by atoms with Gasteiger partial charge < -0.3 is 4.57 Å². The predicted molar refractivity (Wildman–Crippen MR) is 235 cm³/mol. The summed E-state index contributed by atoms with van der Waals surface area (Å²) in [5.41, 5.74) is 11.0. The van der Waals surface area contributed by atoms with Crippen LogP contribution in [0.15, 0.2) is 152 Å². The molecule has 9 rings (SSSR count). The second-order valence-corrected chi connectivity index (χ2v) is 14.9. The Morgan fingerprint density at radius 3 is 2.16 bits per heavy atom. The maximum Gasteiger partial charge on any atom is 0.166 e. The summed E-state index contributed by atoms with van der Waals surface area (Å²) in [5.74, 6) is 1.89. The van der Waals surface area contributed by atoms with Crippen molar-refractivity contribution in [2.45, 2.75) is 33.1 Å². The summed E-state index contributed by atoms with van der Waals surface area (Å²) in [7, 11) is 0. The molecule has 0 spiro atoms. The summed E-state index contributed by atoms with van der Waals surface area (Å²) in [5, 5.41) is 3.62. The highest BCUT2D eigenvalue weighted by Crippen LogP contribution is 2.44.